The molecule has 5 rings (SSSR count). The standard InChI is InChI=1S/C27H30N2O5/c1-17-14-18(2)22-21(15-17)34-26-23(25(22)30)24(19-6-4-7-20(16-19)32-3)29(27(26)31)9-5-8-28-10-12-33-13-11-28/h4,6-7,14-16,24H,5,8-13H2,1-3H3/t24-/m1/s1. The third-order valence-electron chi connectivity index (χ3n) is 6.80. The second-order valence-corrected chi connectivity index (χ2v) is 9.11. The van der Waals surface area contributed by atoms with Gasteiger partial charge in [0.2, 0.25) is 5.76 Å². The summed E-state index contributed by atoms with van der Waals surface area (Å²) in [6.07, 6.45) is 0.798. The number of aryl methyl sites for hydroxylation is 2. The van der Waals surface area contributed by atoms with E-state index in [1.165, 1.54) is 0 Å². The Kier molecular flexibility index (Phi) is 6.15. The Morgan fingerprint density at radius 1 is 1.06 bits per heavy atom. The van der Waals surface area contributed by atoms with E-state index in [-0.39, 0.29) is 17.1 Å². The molecule has 1 amide bonds. The lowest BCUT2D eigenvalue weighted by molar-refractivity contribution is 0.0353. The number of benzene rings is 2. The van der Waals surface area contributed by atoms with E-state index in [2.05, 4.69) is 4.90 Å². The van der Waals surface area contributed by atoms with Crippen LogP contribution >= 0.6 is 0 Å². The van der Waals surface area contributed by atoms with Gasteiger partial charge in [0.15, 0.2) is 5.43 Å². The molecule has 1 atom stereocenters. The van der Waals surface area contributed by atoms with Gasteiger partial charge in [0, 0.05) is 26.2 Å². The summed E-state index contributed by atoms with van der Waals surface area (Å²) in [6.45, 7) is 8.55. The summed E-state index contributed by atoms with van der Waals surface area (Å²) >= 11 is 0. The van der Waals surface area contributed by atoms with Crippen LogP contribution in [0.15, 0.2) is 45.6 Å². The molecule has 2 aliphatic rings. The van der Waals surface area contributed by atoms with Gasteiger partial charge in [0.25, 0.3) is 5.91 Å². The quantitative estimate of drug-likeness (QED) is 0.557. The lowest BCUT2D eigenvalue weighted by Gasteiger charge is -2.29. The molecule has 0 unspecified atom stereocenters. The number of carbonyl (C=O) groups excluding carboxylic acids is 1. The maximum Gasteiger partial charge on any atom is 0.290 e. The third kappa shape index (κ3) is 3.99. The minimum Gasteiger partial charge on any atom is -0.497 e. The molecule has 2 aromatic carbocycles. The summed E-state index contributed by atoms with van der Waals surface area (Å²) in [5.74, 6) is 0.605. The molecule has 3 heterocycles. The molecular formula is C27H30N2O5. The molecule has 1 fully saturated rings. The maximum absolute atomic E-state index is 13.8. The van der Waals surface area contributed by atoms with Crippen molar-refractivity contribution in [2.45, 2.75) is 26.3 Å². The molecule has 0 radical (unpaired) electrons. The van der Waals surface area contributed by atoms with Crippen LogP contribution in [0.5, 0.6) is 5.75 Å². The van der Waals surface area contributed by atoms with E-state index >= 15 is 0 Å². The molecule has 34 heavy (non-hydrogen) atoms. The van der Waals surface area contributed by atoms with Crippen molar-refractivity contribution >= 4 is 16.9 Å². The van der Waals surface area contributed by atoms with E-state index in [9.17, 15) is 9.59 Å². The van der Waals surface area contributed by atoms with E-state index < -0.39 is 6.04 Å². The molecule has 0 saturated carbocycles. The highest BCUT2D eigenvalue weighted by atomic mass is 16.5. The molecule has 2 aliphatic heterocycles. The summed E-state index contributed by atoms with van der Waals surface area (Å²) in [4.78, 5) is 31.6. The van der Waals surface area contributed by atoms with Gasteiger partial charge >= 0.3 is 0 Å². The average Bonchev–Trinajstić information content (AvgIpc) is 3.11. The fourth-order valence-electron chi connectivity index (χ4n) is 5.19. The first-order valence-corrected chi connectivity index (χ1v) is 11.8. The molecular weight excluding hydrogens is 432 g/mol. The van der Waals surface area contributed by atoms with Gasteiger partial charge in [-0.3, -0.25) is 14.5 Å². The van der Waals surface area contributed by atoms with Crippen molar-refractivity contribution in [3.8, 4) is 5.75 Å². The Morgan fingerprint density at radius 3 is 2.62 bits per heavy atom. The molecule has 0 bridgehead atoms. The lowest BCUT2D eigenvalue weighted by Crippen LogP contribution is -2.38. The predicted octanol–water partition coefficient (Wildman–Crippen LogP) is 3.69. The summed E-state index contributed by atoms with van der Waals surface area (Å²) in [5.41, 5.74) is 3.44. The molecule has 7 nitrogen and oxygen atoms in total. The summed E-state index contributed by atoms with van der Waals surface area (Å²) in [7, 11) is 1.61. The number of carbonyl (C=O) groups is 1. The number of morpholine rings is 1. The van der Waals surface area contributed by atoms with Crippen LogP contribution in [0.4, 0.5) is 0 Å². The fraction of sp³-hybridized carbons (Fsp3) is 0.407. The number of ether oxygens (including phenoxy) is 2. The van der Waals surface area contributed by atoms with Crippen LogP contribution in [-0.4, -0.2) is 62.2 Å². The largest absolute Gasteiger partial charge is 0.497 e. The zero-order valence-electron chi connectivity index (χ0n) is 19.9. The Hall–Kier alpha value is -3.16. The molecule has 0 spiro atoms. The highest BCUT2D eigenvalue weighted by Crippen LogP contribution is 2.39. The van der Waals surface area contributed by atoms with Gasteiger partial charge in [-0.25, -0.2) is 0 Å². The average molecular weight is 463 g/mol. The smallest absolute Gasteiger partial charge is 0.290 e. The maximum atomic E-state index is 13.8. The first kappa shape index (κ1) is 22.6. The molecule has 7 heteroatoms. The van der Waals surface area contributed by atoms with Crippen molar-refractivity contribution in [1.29, 1.82) is 0 Å². The second-order valence-electron chi connectivity index (χ2n) is 9.11. The Balaban J connectivity index is 1.57. The Bertz CT molecular complexity index is 1290. The van der Waals surface area contributed by atoms with Gasteiger partial charge in [-0.1, -0.05) is 18.2 Å². The van der Waals surface area contributed by atoms with Gasteiger partial charge in [0.05, 0.1) is 37.3 Å². The zero-order valence-corrected chi connectivity index (χ0v) is 19.9. The minimum atomic E-state index is -0.511. The van der Waals surface area contributed by atoms with Crippen LogP contribution in [-0.2, 0) is 4.74 Å². The topological polar surface area (TPSA) is 72.2 Å². The highest BCUT2D eigenvalue weighted by Gasteiger charge is 2.42. The monoisotopic (exact) mass is 462 g/mol. The van der Waals surface area contributed by atoms with Crippen molar-refractivity contribution in [2.24, 2.45) is 0 Å². The van der Waals surface area contributed by atoms with Gasteiger partial charge in [0.1, 0.15) is 11.3 Å². The summed E-state index contributed by atoms with van der Waals surface area (Å²) in [5, 5.41) is 0.542. The number of fused-ring (bicyclic) bond motifs is 2. The lowest BCUT2D eigenvalue weighted by atomic mass is 9.96. The highest BCUT2D eigenvalue weighted by molar-refractivity contribution is 5.99. The van der Waals surface area contributed by atoms with Crippen LogP contribution in [0.2, 0.25) is 0 Å². The molecule has 0 N–H and O–H groups in total. The number of rotatable bonds is 6. The van der Waals surface area contributed by atoms with E-state index in [0.29, 0.717) is 28.8 Å². The zero-order chi connectivity index (χ0) is 23.8. The SMILES string of the molecule is COc1cccc([C@@H]2c3c(oc4cc(C)cc(C)c4c3=O)C(=O)N2CCCN2CCOCC2)c1. The number of nitrogens with zero attached hydrogens (tertiary/aromatic N) is 2. The Labute approximate surface area is 198 Å². The second kappa shape index (κ2) is 9.24. The molecule has 178 valence electrons. The van der Waals surface area contributed by atoms with Gasteiger partial charge in [-0.05, 0) is 55.2 Å². The number of hydrogen-bond acceptors (Lipinski definition) is 6. The van der Waals surface area contributed by atoms with Crippen LogP contribution in [0.1, 0.15) is 45.3 Å². The van der Waals surface area contributed by atoms with Crippen molar-refractivity contribution in [3.05, 3.63) is 74.6 Å². The number of amides is 1. The van der Waals surface area contributed by atoms with Crippen LogP contribution < -0.4 is 10.2 Å². The van der Waals surface area contributed by atoms with Crippen LogP contribution in [0.25, 0.3) is 11.0 Å². The first-order valence-electron chi connectivity index (χ1n) is 11.8. The van der Waals surface area contributed by atoms with E-state index in [4.69, 9.17) is 13.9 Å². The van der Waals surface area contributed by atoms with Crippen LogP contribution in [0, 0.1) is 13.8 Å². The summed E-state index contributed by atoms with van der Waals surface area (Å²) in [6, 6.07) is 10.9. The normalized spacial score (nSPS) is 18.5. The van der Waals surface area contributed by atoms with Crippen molar-refractivity contribution in [1.82, 2.24) is 9.80 Å². The molecule has 0 aliphatic carbocycles. The number of hydrogen-bond donors (Lipinski definition) is 0. The van der Waals surface area contributed by atoms with Gasteiger partial charge in [-0.2, -0.15) is 0 Å². The third-order valence-corrected chi connectivity index (χ3v) is 6.80. The fourth-order valence-corrected chi connectivity index (χ4v) is 5.19. The van der Waals surface area contributed by atoms with Gasteiger partial charge in [-0.15, -0.1) is 0 Å². The van der Waals surface area contributed by atoms with E-state index in [0.717, 1.165) is 56.0 Å². The van der Waals surface area contributed by atoms with Crippen molar-refractivity contribution in [2.75, 3.05) is 46.5 Å². The van der Waals surface area contributed by atoms with Crippen LogP contribution in [0.3, 0.4) is 0 Å². The van der Waals surface area contributed by atoms with E-state index in [1.54, 1.807) is 12.0 Å². The van der Waals surface area contributed by atoms with Crippen molar-refractivity contribution in [3.63, 3.8) is 0 Å². The number of methoxy groups -OCH3 is 1. The molecule has 3 aromatic rings. The minimum absolute atomic E-state index is 0.134. The molecule has 1 saturated heterocycles. The Morgan fingerprint density at radius 2 is 1.85 bits per heavy atom. The first-order chi connectivity index (χ1) is 16.5. The van der Waals surface area contributed by atoms with E-state index in [1.807, 2.05) is 50.2 Å². The molecule has 1 aromatic heterocycles. The van der Waals surface area contributed by atoms with Crippen molar-refractivity contribution < 1.29 is 18.7 Å². The van der Waals surface area contributed by atoms with Gasteiger partial charge < -0.3 is 18.8 Å². The summed E-state index contributed by atoms with van der Waals surface area (Å²) < 4.78 is 17.0. The predicted molar refractivity (Wildman–Crippen MR) is 130 cm³/mol.